The van der Waals surface area contributed by atoms with Crippen molar-refractivity contribution in [3.05, 3.63) is 66.0 Å². The zero-order valence-corrected chi connectivity index (χ0v) is 15.1. The molecule has 0 aliphatic heterocycles. The fraction of sp³-hybridized carbons (Fsp3) is 0.111. The first-order chi connectivity index (χ1) is 13.6. The molecule has 0 spiro atoms. The lowest BCUT2D eigenvalue weighted by molar-refractivity contribution is -0.117. The number of thioether (sulfide) groups is 1. The minimum atomic E-state index is -0.845. The molecule has 2 aromatic heterocycles. The van der Waals surface area contributed by atoms with Crippen LogP contribution in [0.3, 0.4) is 0 Å². The van der Waals surface area contributed by atoms with E-state index in [1.807, 2.05) is 24.3 Å². The van der Waals surface area contributed by atoms with E-state index in [9.17, 15) is 13.6 Å². The Morgan fingerprint density at radius 1 is 1.21 bits per heavy atom. The summed E-state index contributed by atoms with van der Waals surface area (Å²) in [5.74, 6) is -1.61. The first-order valence-electron chi connectivity index (χ1n) is 8.19. The molecule has 2 heterocycles. The summed E-state index contributed by atoms with van der Waals surface area (Å²) >= 11 is 1.36. The molecule has 4 aromatic rings. The third kappa shape index (κ3) is 4.17. The second kappa shape index (κ2) is 7.77. The average Bonchev–Trinajstić information content (AvgIpc) is 3.28. The Morgan fingerprint density at radius 2 is 2.07 bits per heavy atom. The molecule has 0 radical (unpaired) electrons. The number of halogens is 2. The van der Waals surface area contributed by atoms with E-state index >= 15 is 0 Å². The number of hydrogen-bond donors (Lipinski definition) is 1. The van der Waals surface area contributed by atoms with Crippen molar-refractivity contribution in [2.45, 2.75) is 17.5 Å². The number of rotatable bonds is 6. The minimum Gasteiger partial charge on any atom is -0.431 e. The van der Waals surface area contributed by atoms with Crippen molar-refractivity contribution in [1.82, 2.24) is 20.0 Å². The van der Waals surface area contributed by atoms with Gasteiger partial charge < -0.3 is 9.73 Å². The van der Waals surface area contributed by atoms with Gasteiger partial charge in [0.25, 0.3) is 5.22 Å². The summed E-state index contributed by atoms with van der Waals surface area (Å²) < 4.78 is 33.4. The zero-order valence-electron chi connectivity index (χ0n) is 14.3. The number of carbonyl (C=O) groups excluding carboxylic acids is 1. The number of benzene rings is 2. The molecular weight excluding hydrogens is 388 g/mol. The maximum Gasteiger partial charge on any atom is 0.257 e. The fourth-order valence-corrected chi connectivity index (χ4v) is 3.17. The van der Waals surface area contributed by atoms with Crippen LogP contribution in [0.2, 0.25) is 0 Å². The molecule has 0 saturated carbocycles. The van der Waals surface area contributed by atoms with Gasteiger partial charge in [0, 0.05) is 18.0 Å². The molecule has 0 saturated heterocycles. The van der Waals surface area contributed by atoms with Crippen molar-refractivity contribution in [2.24, 2.45) is 0 Å². The van der Waals surface area contributed by atoms with Crippen LogP contribution >= 0.6 is 11.8 Å². The minimum absolute atomic E-state index is 0.0988. The summed E-state index contributed by atoms with van der Waals surface area (Å²) in [6.45, 7) is -0.155. The normalized spacial score (nSPS) is 11.1. The standard InChI is InChI=1S/C18H13F2N5O2S/c19-11-5-6-14(13(20)7-11)21-17(26)9-25-8-12(23-24-25)10-28-18-22-15-3-1-2-4-16(15)27-18/h1-8H,9-10H2,(H,21,26). The number of nitrogens with zero attached hydrogens (tertiary/aromatic N) is 4. The maximum atomic E-state index is 13.6. The monoisotopic (exact) mass is 401 g/mol. The topological polar surface area (TPSA) is 85.8 Å². The fourth-order valence-electron chi connectivity index (χ4n) is 2.46. The van der Waals surface area contributed by atoms with Crippen LogP contribution in [-0.4, -0.2) is 25.9 Å². The second-order valence-electron chi connectivity index (χ2n) is 5.82. The Morgan fingerprint density at radius 3 is 2.89 bits per heavy atom. The van der Waals surface area contributed by atoms with Crippen molar-refractivity contribution in [3.8, 4) is 0 Å². The molecule has 0 fully saturated rings. The lowest BCUT2D eigenvalue weighted by Crippen LogP contribution is -2.19. The number of hydrogen-bond acceptors (Lipinski definition) is 6. The van der Waals surface area contributed by atoms with Gasteiger partial charge in [-0.05, 0) is 24.3 Å². The van der Waals surface area contributed by atoms with E-state index in [0.29, 0.717) is 28.3 Å². The molecule has 0 bridgehead atoms. The third-order valence-corrected chi connectivity index (χ3v) is 4.58. The summed E-state index contributed by atoms with van der Waals surface area (Å²) in [7, 11) is 0. The molecule has 0 aliphatic rings. The smallest absolute Gasteiger partial charge is 0.257 e. The predicted octanol–water partition coefficient (Wildman–Crippen LogP) is 3.63. The molecule has 4 rings (SSSR count). The summed E-state index contributed by atoms with van der Waals surface area (Å²) in [6.07, 6.45) is 1.61. The van der Waals surface area contributed by atoms with Crippen molar-refractivity contribution in [1.29, 1.82) is 0 Å². The number of anilines is 1. The van der Waals surface area contributed by atoms with Crippen molar-refractivity contribution in [3.63, 3.8) is 0 Å². The van der Waals surface area contributed by atoms with Gasteiger partial charge in [-0.1, -0.05) is 29.1 Å². The van der Waals surface area contributed by atoms with Gasteiger partial charge in [0.15, 0.2) is 5.58 Å². The van der Waals surface area contributed by atoms with Gasteiger partial charge in [-0.15, -0.1) is 5.10 Å². The Kier molecular flexibility index (Phi) is 5.02. The molecule has 10 heteroatoms. The van der Waals surface area contributed by atoms with E-state index in [1.165, 1.54) is 16.4 Å². The van der Waals surface area contributed by atoms with Gasteiger partial charge in [0.2, 0.25) is 5.91 Å². The Hall–Kier alpha value is -3.27. The molecule has 142 valence electrons. The first-order valence-corrected chi connectivity index (χ1v) is 9.18. The molecule has 1 amide bonds. The predicted molar refractivity (Wildman–Crippen MR) is 98.6 cm³/mol. The Labute approximate surface area is 161 Å². The van der Waals surface area contributed by atoms with Crippen LogP contribution in [0, 0.1) is 11.6 Å². The highest BCUT2D eigenvalue weighted by atomic mass is 32.2. The number of para-hydroxylation sites is 2. The van der Waals surface area contributed by atoms with E-state index in [4.69, 9.17) is 4.42 Å². The number of amides is 1. The molecule has 0 unspecified atom stereocenters. The molecular formula is C18H13F2N5O2S. The molecule has 2 aromatic carbocycles. The number of carbonyl (C=O) groups is 1. The van der Waals surface area contributed by atoms with Crippen LogP contribution in [0.4, 0.5) is 14.5 Å². The largest absolute Gasteiger partial charge is 0.431 e. The average molecular weight is 401 g/mol. The lowest BCUT2D eigenvalue weighted by Gasteiger charge is -2.06. The number of oxazole rings is 1. The van der Waals surface area contributed by atoms with Crippen LogP contribution in [0.5, 0.6) is 0 Å². The second-order valence-corrected chi connectivity index (χ2v) is 6.74. The number of fused-ring (bicyclic) bond motifs is 1. The van der Waals surface area contributed by atoms with E-state index in [0.717, 1.165) is 17.6 Å². The van der Waals surface area contributed by atoms with Gasteiger partial charge >= 0.3 is 0 Å². The summed E-state index contributed by atoms with van der Waals surface area (Å²) in [4.78, 5) is 16.4. The molecule has 0 atom stereocenters. The zero-order chi connectivity index (χ0) is 19.5. The number of aromatic nitrogens is 4. The van der Waals surface area contributed by atoms with Crippen LogP contribution in [0.15, 0.2) is 58.3 Å². The number of nitrogens with one attached hydrogen (secondary N) is 1. The highest BCUT2D eigenvalue weighted by Crippen LogP contribution is 2.25. The highest BCUT2D eigenvalue weighted by Gasteiger charge is 2.11. The lowest BCUT2D eigenvalue weighted by atomic mass is 10.3. The maximum absolute atomic E-state index is 13.6. The highest BCUT2D eigenvalue weighted by molar-refractivity contribution is 7.98. The van der Waals surface area contributed by atoms with E-state index in [-0.39, 0.29) is 12.2 Å². The summed E-state index contributed by atoms with van der Waals surface area (Å²) in [5.41, 5.74) is 2.02. The molecule has 0 aliphatic carbocycles. The van der Waals surface area contributed by atoms with Gasteiger partial charge in [0.1, 0.15) is 23.7 Å². The van der Waals surface area contributed by atoms with Crippen LogP contribution in [0.25, 0.3) is 11.1 Å². The first kappa shape index (κ1) is 18.1. The van der Waals surface area contributed by atoms with Gasteiger partial charge in [-0.3, -0.25) is 4.79 Å². The SMILES string of the molecule is O=C(Cn1cc(CSc2nc3ccccc3o2)nn1)Nc1ccc(F)cc1F. The molecule has 28 heavy (non-hydrogen) atoms. The van der Waals surface area contributed by atoms with Crippen LogP contribution in [-0.2, 0) is 17.1 Å². The third-order valence-electron chi connectivity index (χ3n) is 3.71. The van der Waals surface area contributed by atoms with Gasteiger partial charge in [-0.25, -0.2) is 18.4 Å². The summed E-state index contributed by atoms with van der Waals surface area (Å²) in [6, 6.07) is 10.4. The Bertz CT molecular complexity index is 1110. The van der Waals surface area contributed by atoms with Crippen molar-refractivity contribution >= 4 is 34.5 Å². The quantitative estimate of drug-likeness (QED) is 0.497. The van der Waals surface area contributed by atoms with Gasteiger partial charge in [0.05, 0.1) is 11.4 Å². The molecule has 1 N–H and O–H groups in total. The van der Waals surface area contributed by atoms with E-state index < -0.39 is 17.5 Å². The van der Waals surface area contributed by atoms with E-state index in [2.05, 4.69) is 20.6 Å². The van der Waals surface area contributed by atoms with Gasteiger partial charge in [-0.2, -0.15) is 0 Å². The molecule has 7 nitrogen and oxygen atoms in total. The van der Waals surface area contributed by atoms with Crippen molar-refractivity contribution < 1.29 is 18.0 Å². The Balaban J connectivity index is 1.34. The summed E-state index contributed by atoms with van der Waals surface area (Å²) in [5, 5.41) is 10.8. The van der Waals surface area contributed by atoms with Crippen LogP contribution in [0.1, 0.15) is 5.69 Å². The van der Waals surface area contributed by atoms with Crippen LogP contribution < -0.4 is 5.32 Å². The van der Waals surface area contributed by atoms with E-state index in [1.54, 1.807) is 6.20 Å². The van der Waals surface area contributed by atoms with Crippen molar-refractivity contribution in [2.75, 3.05) is 5.32 Å².